The van der Waals surface area contributed by atoms with E-state index in [1.807, 2.05) is 24.3 Å². The number of carbonyl (C=O) groups is 2. The normalized spacial score (nSPS) is 12.8. The van der Waals surface area contributed by atoms with Crippen molar-refractivity contribution in [2.45, 2.75) is 64.7 Å². The van der Waals surface area contributed by atoms with Crippen molar-refractivity contribution in [2.75, 3.05) is 11.9 Å². The molecule has 0 radical (unpaired) electrons. The molecule has 3 rings (SSSR count). The number of aliphatic hydroxyl groups is 1. The number of rotatable bonds is 12. The zero-order chi connectivity index (χ0) is 22.8. The van der Waals surface area contributed by atoms with E-state index in [1.54, 1.807) is 24.3 Å². The van der Waals surface area contributed by atoms with Crippen LogP contribution in [0, 0.1) is 0 Å². The number of ketones is 1. The Hall–Kier alpha value is -3.08. The van der Waals surface area contributed by atoms with Crippen molar-refractivity contribution in [3.05, 3.63) is 65.2 Å². The predicted molar refractivity (Wildman–Crippen MR) is 128 cm³/mol. The van der Waals surface area contributed by atoms with E-state index in [0.717, 1.165) is 12.8 Å². The molecule has 0 aromatic heterocycles. The third kappa shape index (κ3) is 6.46. The van der Waals surface area contributed by atoms with Gasteiger partial charge in [0.15, 0.2) is 0 Å². The summed E-state index contributed by atoms with van der Waals surface area (Å²) in [6, 6.07) is 14.5. The summed E-state index contributed by atoms with van der Waals surface area (Å²) in [5.74, 6) is -1.29. The zero-order valence-corrected chi connectivity index (χ0v) is 18.9. The molecule has 0 aliphatic carbocycles. The summed E-state index contributed by atoms with van der Waals surface area (Å²) in [6.07, 6.45) is 11.3. The van der Waals surface area contributed by atoms with Crippen LogP contribution in [0.3, 0.4) is 0 Å². The SMILES string of the molecule is CCCCCCCCCCc1ccc(NC(=O)C(=O)C2=C(O)c3ccccc3OC2)cc1. The van der Waals surface area contributed by atoms with Crippen LogP contribution in [0.1, 0.15) is 69.4 Å². The first-order valence-electron chi connectivity index (χ1n) is 11.7. The van der Waals surface area contributed by atoms with E-state index in [2.05, 4.69) is 12.2 Å². The molecule has 2 aromatic carbocycles. The number of aliphatic hydroxyl groups excluding tert-OH is 1. The van der Waals surface area contributed by atoms with Gasteiger partial charge in [-0.1, -0.05) is 76.1 Å². The van der Waals surface area contributed by atoms with Gasteiger partial charge in [-0.2, -0.15) is 0 Å². The first-order valence-corrected chi connectivity index (χ1v) is 11.7. The molecule has 0 fully saturated rings. The number of para-hydroxylation sites is 1. The molecule has 5 nitrogen and oxygen atoms in total. The summed E-state index contributed by atoms with van der Waals surface area (Å²) < 4.78 is 5.50. The van der Waals surface area contributed by atoms with Crippen LogP contribution in [0.4, 0.5) is 5.69 Å². The van der Waals surface area contributed by atoms with E-state index in [0.29, 0.717) is 17.0 Å². The highest BCUT2D eigenvalue weighted by atomic mass is 16.5. The van der Waals surface area contributed by atoms with Gasteiger partial charge in [-0.05, 0) is 42.7 Å². The minimum atomic E-state index is -0.792. The number of amides is 1. The monoisotopic (exact) mass is 435 g/mol. The highest BCUT2D eigenvalue weighted by molar-refractivity contribution is 6.47. The van der Waals surface area contributed by atoms with Gasteiger partial charge in [-0.25, -0.2) is 0 Å². The third-order valence-corrected chi connectivity index (χ3v) is 5.81. The molecular formula is C27H33NO4. The number of hydrogen-bond donors (Lipinski definition) is 2. The number of nitrogens with one attached hydrogen (secondary N) is 1. The van der Waals surface area contributed by atoms with Gasteiger partial charge in [-0.15, -0.1) is 0 Å². The van der Waals surface area contributed by atoms with Crippen LogP contribution in [-0.2, 0) is 16.0 Å². The number of aryl methyl sites for hydroxylation is 1. The third-order valence-electron chi connectivity index (χ3n) is 5.81. The number of Topliss-reactive ketones (excluding diaryl/α,β-unsaturated/α-hetero) is 1. The number of anilines is 1. The van der Waals surface area contributed by atoms with Crippen LogP contribution in [0.2, 0.25) is 0 Å². The second kappa shape index (κ2) is 12.1. The molecular weight excluding hydrogens is 402 g/mol. The van der Waals surface area contributed by atoms with Crippen LogP contribution in [-0.4, -0.2) is 23.4 Å². The quantitative estimate of drug-likeness (QED) is 0.306. The molecule has 5 heteroatoms. The van der Waals surface area contributed by atoms with Gasteiger partial charge in [0.2, 0.25) is 0 Å². The Morgan fingerprint density at radius 3 is 2.28 bits per heavy atom. The lowest BCUT2D eigenvalue weighted by atomic mass is 10.0. The van der Waals surface area contributed by atoms with Gasteiger partial charge in [0, 0.05) is 5.69 Å². The summed E-state index contributed by atoms with van der Waals surface area (Å²) in [7, 11) is 0. The minimum Gasteiger partial charge on any atom is -0.507 e. The maximum atomic E-state index is 12.6. The molecule has 0 spiro atoms. The summed E-state index contributed by atoms with van der Waals surface area (Å²) in [5.41, 5.74) is 2.16. The van der Waals surface area contributed by atoms with Crippen LogP contribution >= 0.6 is 0 Å². The summed E-state index contributed by atoms with van der Waals surface area (Å²) in [5, 5.41) is 13.0. The Labute approximate surface area is 190 Å². The molecule has 0 bridgehead atoms. The number of fused-ring (bicyclic) bond motifs is 1. The number of benzene rings is 2. The Kier molecular flexibility index (Phi) is 8.90. The lowest BCUT2D eigenvalue weighted by Crippen LogP contribution is -2.29. The van der Waals surface area contributed by atoms with Crippen molar-refractivity contribution in [1.82, 2.24) is 0 Å². The zero-order valence-electron chi connectivity index (χ0n) is 18.9. The molecule has 2 N–H and O–H groups in total. The Morgan fingerprint density at radius 1 is 0.906 bits per heavy atom. The molecule has 1 aliphatic heterocycles. The van der Waals surface area contributed by atoms with Gasteiger partial charge in [0.25, 0.3) is 11.7 Å². The molecule has 0 atom stereocenters. The fourth-order valence-corrected chi connectivity index (χ4v) is 3.88. The lowest BCUT2D eigenvalue weighted by Gasteiger charge is -2.19. The van der Waals surface area contributed by atoms with E-state index >= 15 is 0 Å². The number of ether oxygens (including phenoxy) is 1. The lowest BCUT2D eigenvalue weighted by molar-refractivity contribution is -0.132. The number of hydrogen-bond acceptors (Lipinski definition) is 4. The van der Waals surface area contributed by atoms with E-state index in [9.17, 15) is 14.7 Å². The molecule has 0 unspecified atom stereocenters. The first kappa shape index (κ1) is 23.6. The van der Waals surface area contributed by atoms with Crippen molar-refractivity contribution < 1.29 is 19.4 Å². The van der Waals surface area contributed by atoms with Crippen molar-refractivity contribution in [3.8, 4) is 5.75 Å². The Morgan fingerprint density at radius 2 is 1.56 bits per heavy atom. The molecule has 32 heavy (non-hydrogen) atoms. The number of unbranched alkanes of at least 4 members (excludes halogenated alkanes) is 7. The van der Waals surface area contributed by atoms with Crippen LogP contribution in [0.15, 0.2) is 54.1 Å². The maximum Gasteiger partial charge on any atom is 0.296 e. The highest BCUT2D eigenvalue weighted by Crippen LogP contribution is 2.31. The minimum absolute atomic E-state index is 0.0347. The standard InChI is InChI=1S/C27H33NO4/c1-2-3-4-5-6-7-8-9-12-20-15-17-21(18-16-20)28-27(31)26(30)23-19-32-24-14-11-10-13-22(24)25(23)29/h10-11,13-18,29H,2-9,12,19H2,1H3,(H,28,31). The fourth-order valence-electron chi connectivity index (χ4n) is 3.88. The van der Waals surface area contributed by atoms with Crippen molar-refractivity contribution >= 4 is 23.1 Å². The second-order valence-corrected chi connectivity index (χ2v) is 8.32. The summed E-state index contributed by atoms with van der Waals surface area (Å²) >= 11 is 0. The summed E-state index contributed by atoms with van der Waals surface area (Å²) in [4.78, 5) is 25.0. The fraction of sp³-hybridized carbons (Fsp3) is 0.407. The van der Waals surface area contributed by atoms with E-state index in [1.165, 1.54) is 50.5 Å². The van der Waals surface area contributed by atoms with Gasteiger partial charge in [0.1, 0.15) is 18.1 Å². The van der Waals surface area contributed by atoms with Crippen molar-refractivity contribution in [1.29, 1.82) is 0 Å². The molecule has 170 valence electrons. The number of carbonyl (C=O) groups excluding carboxylic acids is 2. The van der Waals surface area contributed by atoms with Crippen molar-refractivity contribution in [2.24, 2.45) is 0 Å². The average molecular weight is 436 g/mol. The smallest absolute Gasteiger partial charge is 0.296 e. The van der Waals surface area contributed by atoms with Crippen LogP contribution in [0.5, 0.6) is 5.75 Å². The van der Waals surface area contributed by atoms with Gasteiger partial charge in [0.05, 0.1) is 11.1 Å². The first-order chi connectivity index (χ1) is 15.6. The maximum absolute atomic E-state index is 12.6. The Balaban J connectivity index is 1.46. The van der Waals surface area contributed by atoms with E-state index in [4.69, 9.17) is 4.74 Å². The summed E-state index contributed by atoms with van der Waals surface area (Å²) in [6.45, 7) is 2.11. The predicted octanol–water partition coefficient (Wildman–Crippen LogP) is 6.24. The molecule has 0 saturated carbocycles. The molecule has 2 aromatic rings. The highest BCUT2D eigenvalue weighted by Gasteiger charge is 2.28. The van der Waals surface area contributed by atoms with Crippen molar-refractivity contribution in [3.63, 3.8) is 0 Å². The van der Waals surface area contributed by atoms with Gasteiger partial charge in [-0.3, -0.25) is 9.59 Å². The average Bonchev–Trinajstić information content (AvgIpc) is 2.82. The molecule has 1 amide bonds. The topological polar surface area (TPSA) is 75.6 Å². The molecule has 1 heterocycles. The molecule has 0 saturated heterocycles. The van der Waals surface area contributed by atoms with E-state index in [-0.39, 0.29) is 17.9 Å². The second-order valence-electron chi connectivity index (χ2n) is 8.32. The van der Waals surface area contributed by atoms with Crippen LogP contribution in [0.25, 0.3) is 5.76 Å². The van der Waals surface area contributed by atoms with Gasteiger partial charge >= 0.3 is 0 Å². The molecule has 1 aliphatic rings. The Bertz CT molecular complexity index is 946. The largest absolute Gasteiger partial charge is 0.507 e. The van der Waals surface area contributed by atoms with Crippen LogP contribution < -0.4 is 10.1 Å². The van der Waals surface area contributed by atoms with Gasteiger partial charge < -0.3 is 15.2 Å². The van der Waals surface area contributed by atoms with E-state index < -0.39 is 11.7 Å².